The van der Waals surface area contributed by atoms with Crippen molar-refractivity contribution in [2.24, 2.45) is 11.8 Å². The number of rotatable bonds is 13. The van der Waals surface area contributed by atoms with Gasteiger partial charge in [0.25, 0.3) is 0 Å². The van der Waals surface area contributed by atoms with Crippen molar-refractivity contribution in [1.29, 1.82) is 0 Å². The van der Waals surface area contributed by atoms with E-state index in [0.29, 0.717) is 25.8 Å². The lowest BCUT2D eigenvalue weighted by atomic mass is 10.1. The molecule has 0 radical (unpaired) electrons. The number of nitrogens with zero attached hydrogens (tertiary/aromatic N) is 2. The molecule has 0 spiro atoms. The molecule has 1 fully saturated rings. The molecule has 330 valence electrons. The Morgan fingerprint density at radius 1 is 0.673 bits per heavy atom. The molecule has 0 bridgehead atoms. The van der Waals surface area contributed by atoms with Crippen LogP contribution in [0.3, 0.4) is 0 Å². The SMILES string of the molecule is C.C.C.C.CC(=O)NNC(C)=O.CCCCC(C)C(=O)O.CCCCC(C)C(=O)OC.CCCCCC(=O)O.COC(=O)C1CCCN(C(C)=O)N1C(C)=O. The molecule has 1 rings (SSSR count). The third-order valence-electron chi connectivity index (χ3n) is 6.98. The molecule has 4 N–H and O–H groups in total. The van der Waals surface area contributed by atoms with Gasteiger partial charge in [-0.15, -0.1) is 0 Å². The van der Waals surface area contributed by atoms with Gasteiger partial charge in [0.15, 0.2) is 6.04 Å². The molecule has 1 aliphatic heterocycles. The first kappa shape index (κ1) is 68.7. The Balaban J connectivity index is -0.0000000848. The van der Waals surface area contributed by atoms with Crippen molar-refractivity contribution in [2.75, 3.05) is 20.8 Å². The van der Waals surface area contributed by atoms with E-state index in [1.54, 1.807) is 6.92 Å². The highest BCUT2D eigenvalue weighted by atomic mass is 16.5. The Hall–Kier alpha value is -4.24. The topological polar surface area (TPSA) is 226 Å². The summed E-state index contributed by atoms with van der Waals surface area (Å²) in [6, 6.07) is -0.680. The minimum Gasteiger partial charge on any atom is -0.481 e. The Kier molecular flexibility index (Phi) is 55.2. The van der Waals surface area contributed by atoms with Gasteiger partial charge < -0.3 is 19.7 Å². The van der Waals surface area contributed by atoms with Gasteiger partial charge in [-0.1, -0.05) is 103 Å². The standard InChI is InChI=1S/C10H16N2O4.C8H16O2.C7H14O2.C6H12O2.C4H8N2O2.4CH4/c1-7(13)11-6-4-5-9(10(15)16-3)12(11)8(2)14;1-4-5-6-7(2)8(9)10-3;1-3-4-5-6(2)7(8)9;1-2-3-4-5-6(7)8;1-3(7)5-6-4(2)8;;;;/h9H,4-6H2,1-3H3;7H,4-6H2,1-3H3;6H,3-5H2,1-2H3,(H,8,9);2-5H2,1H3,(H,7,8);1-2H3,(H,5,7)(H,6,8);4*1H4. The van der Waals surface area contributed by atoms with E-state index in [-0.39, 0.29) is 71.1 Å². The van der Waals surface area contributed by atoms with Crippen LogP contribution in [0, 0.1) is 11.8 Å². The number of hydrazine groups is 2. The van der Waals surface area contributed by atoms with Gasteiger partial charge in [-0.05, 0) is 32.1 Å². The number of aliphatic carboxylic acids is 2. The van der Waals surface area contributed by atoms with Gasteiger partial charge in [-0.25, -0.2) is 9.80 Å². The summed E-state index contributed by atoms with van der Waals surface area (Å²) in [6.45, 7) is 15.7. The zero-order chi connectivity index (χ0) is 40.5. The summed E-state index contributed by atoms with van der Waals surface area (Å²) in [5.74, 6) is -3.15. The predicted octanol–water partition coefficient (Wildman–Crippen LogP) is 7.19. The number of hydrogen-bond donors (Lipinski definition) is 4. The molecule has 55 heavy (non-hydrogen) atoms. The van der Waals surface area contributed by atoms with E-state index >= 15 is 0 Å². The van der Waals surface area contributed by atoms with Crippen LogP contribution in [0.2, 0.25) is 0 Å². The van der Waals surface area contributed by atoms with Crippen molar-refractivity contribution in [3.63, 3.8) is 0 Å². The maximum atomic E-state index is 11.5. The summed E-state index contributed by atoms with van der Waals surface area (Å²) in [5.41, 5.74) is 4.21. The number of methoxy groups -OCH3 is 2. The monoisotopic (exact) mass is 799 g/mol. The second-order valence-corrected chi connectivity index (χ2v) is 11.8. The molecule has 0 aliphatic carbocycles. The largest absolute Gasteiger partial charge is 0.481 e. The van der Waals surface area contributed by atoms with E-state index in [0.717, 1.165) is 57.8 Å². The molecule has 0 saturated carbocycles. The third kappa shape index (κ3) is 42.4. The Bertz CT molecular complexity index is 1030. The number of carbonyl (C=O) groups is 8. The van der Waals surface area contributed by atoms with E-state index in [1.807, 2.05) is 6.92 Å². The number of esters is 2. The van der Waals surface area contributed by atoms with Crippen molar-refractivity contribution < 1.29 is 58.0 Å². The number of nitrogens with one attached hydrogen (secondary N) is 2. The predicted molar refractivity (Wildman–Crippen MR) is 218 cm³/mol. The van der Waals surface area contributed by atoms with Crippen LogP contribution in [0.15, 0.2) is 0 Å². The molecular formula is C39H82N4O12. The molecule has 1 saturated heterocycles. The van der Waals surface area contributed by atoms with E-state index < -0.39 is 23.9 Å². The summed E-state index contributed by atoms with van der Waals surface area (Å²) in [5, 5.41) is 19.0. The summed E-state index contributed by atoms with van der Waals surface area (Å²) < 4.78 is 9.20. The highest BCUT2D eigenvalue weighted by molar-refractivity contribution is 5.86. The average molecular weight is 799 g/mol. The van der Waals surface area contributed by atoms with E-state index in [9.17, 15) is 38.4 Å². The first-order valence-electron chi connectivity index (χ1n) is 17.5. The number of hydrogen-bond acceptors (Lipinski definition) is 10. The Morgan fingerprint density at radius 2 is 1.11 bits per heavy atom. The molecule has 4 amide bonds. The molecule has 0 aromatic heterocycles. The molecule has 0 aromatic rings. The van der Waals surface area contributed by atoms with Crippen molar-refractivity contribution >= 4 is 47.5 Å². The normalized spacial score (nSPS) is 12.9. The summed E-state index contributed by atoms with van der Waals surface area (Å²) in [7, 11) is 2.71. The molecule has 3 unspecified atom stereocenters. The number of carbonyl (C=O) groups excluding carboxylic acids is 6. The Labute approximate surface area is 333 Å². The quantitative estimate of drug-likeness (QED) is 0.0825. The zero-order valence-corrected chi connectivity index (χ0v) is 32.8. The summed E-state index contributed by atoms with van der Waals surface area (Å²) >= 11 is 0. The lowest BCUT2D eigenvalue weighted by Gasteiger charge is -2.41. The smallest absolute Gasteiger partial charge is 0.330 e. The van der Waals surface area contributed by atoms with Crippen LogP contribution in [0.25, 0.3) is 0 Å². The highest BCUT2D eigenvalue weighted by Gasteiger charge is 2.37. The van der Waals surface area contributed by atoms with Gasteiger partial charge in [0.2, 0.25) is 23.6 Å². The average Bonchev–Trinajstić information content (AvgIpc) is 3.08. The van der Waals surface area contributed by atoms with Crippen molar-refractivity contribution in [1.82, 2.24) is 20.9 Å². The van der Waals surface area contributed by atoms with Gasteiger partial charge >= 0.3 is 23.9 Å². The fourth-order valence-electron chi connectivity index (χ4n) is 4.05. The van der Waals surface area contributed by atoms with E-state index in [1.165, 1.54) is 51.9 Å². The summed E-state index contributed by atoms with van der Waals surface area (Å²) in [6.07, 6.45) is 10.6. The van der Waals surface area contributed by atoms with E-state index in [4.69, 9.17) is 10.2 Å². The van der Waals surface area contributed by atoms with Crippen LogP contribution < -0.4 is 10.9 Å². The van der Waals surface area contributed by atoms with Crippen LogP contribution in [-0.2, 0) is 47.8 Å². The number of carboxylic acid groups (broad SMARTS) is 2. The molecule has 16 heteroatoms. The lowest BCUT2D eigenvalue weighted by Crippen LogP contribution is -2.59. The van der Waals surface area contributed by atoms with E-state index in [2.05, 4.69) is 41.1 Å². The Morgan fingerprint density at radius 3 is 1.42 bits per heavy atom. The van der Waals surface area contributed by atoms with Gasteiger partial charge in [-0.3, -0.25) is 49.4 Å². The molecule has 1 heterocycles. The number of carboxylic acids is 2. The second kappa shape index (κ2) is 44.2. The summed E-state index contributed by atoms with van der Waals surface area (Å²) in [4.78, 5) is 85.2. The lowest BCUT2D eigenvalue weighted by molar-refractivity contribution is -0.181. The zero-order valence-electron chi connectivity index (χ0n) is 32.8. The third-order valence-corrected chi connectivity index (χ3v) is 6.98. The van der Waals surface area contributed by atoms with Gasteiger partial charge in [0.05, 0.1) is 26.1 Å². The molecule has 16 nitrogen and oxygen atoms in total. The van der Waals surface area contributed by atoms with Crippen molar-refractivity contribution in [3.05, 3.63) is 0 Å². The molecule has 3 atom stereocenters. The minimum absolute atomic E-state index is 0. The van der Waals surface area contributed by atoms with Gasteiger partial charge in [0.1, 0.15) is 0 Å². The highest BCUT2D eigenvalue weighted by Crippen LogP contribution is 2.19. The fourth-order valence-corrected chi connectivity index (χ4v) is 4.05. The van der Waals surface area contributed by atoms with Crippen LogP contribution in [0.5, 0.6) is 0 Å². The second-order valence-electron chi connectivity index (χ2n) is 11.8. The van der Waals surface area contributed by atoms with Gasteiger partial charge in [0, 0.05) is 40.7 Å². The first-order valence-corrected chi connectivity index (χ1v) is 17.5. The maximum absolute atomic E-state index is 11.5. The molecule has 1 aliphatic rings. The van der Waals surface area contributed by atoms with Crippen molar-refractivity contribution in [3.8, 4) is 0 Å². The van der Waals surface area contributed by atoms with Crippen molar-refractivity contribution in [2.45, 2.75) is 175 Å². The van der Waals surface area contributed by atoms with Gasteiger partial charge in [-0.2, -0.15) is 0 Å². The van der Waals surface area contributed by atoms with Crippen LogP contribution in [0.4, 0.5) is 0 Å². The van der Waals surface area contributed by atoms with Crippen LogP contribution >= 0.6 is 0 Å². The fraction of sp³-hybridized carbons (Fsp3) is 0.795. The number of ether oxygens (including phenoxy) is 2. The molecule has 0 aromatic carbocycles. The maximum Gasteiger partial charge on any atom is 0.330 e. The first-order chi connectivity index (χ1) is 23.8. The number of amides is 4. The van der Waals surface area contributed by atoms with Crippen LogP contribution in [0.1, 0.15) is 169 Å². The minimum atomic E-state index is -0.682. The molecular weight excluding hydrogens is 716 g/mol. The number of unbranched alkanes of at least 4 members (excludes halogenated alkanes) is 4. The van der Waals surface area contributed by atoms with Crippen LogP contribution in [-0.4, -0.2) is 94.5 Å².